The molecule has 0 spiro atoms. The normalized spacial score (nSPS) is 10.2. The summed E-state index contributed by atoms with van der Waals surface area (Å²) in [5, 5.41) is 14.6. The third-order valence-electron chi connectivity index (χ3n) is 1.52. The van der Waals surface area contributed by atoms with Crippen LogP contribution in [0.3, 0.4) is 0 Å². The van der Waals surface area contributed by atoms with Gasteiger partial charge in [0.25, 0.3) is 0 Å². The number of amides is 1. The van der Waals surface area contributed by atoms with Crippen LogP contribution in [0, 0.1) is 0 Å². The van der Waals surface area contributed by atoms with Crippen molar-refractivity contribution in [2.45, 2.75) is 0 Å². The molecule has 2 aromatic rings. The third-order valence-corrected chi connectivity index (χ3v) is 2.29. The Kier molecular flexibility index (Phi) is 1.82. The summed E-state index contributed by atoms with van der Waals surface area (Å²) in [6.07, 6.45) is -1.08. The molecule has 0 aliphatic carbocycles. The molecular formula is C7H5N3O2S. The quantitative estimate of drug-likeness (QED) is 0.727. The Morgan fingerprint density at radius 1 is 1.54 bits per heavy atom. The SMILES string of the molecule is O=C(O)Nc1cccc2nnsc12. The maximum absolute atomic E-state index is 10.4. The highest BCUT2D eigenvalue weighted by Crippen LogP contribution is 2.24. The van der Waals surface area contributed by atoms with Gasteiger partial charge < -0.3 is 5.11 Å². The summed E-state index contributed by atoms with van der Waals surface area (Å²) < 4.78 is 4.48. The second-order valence-electron chi connectivity index (χ2n) is 2.36. The summed E-state index contributed by atoms with van der Waals surface area (Å²) in [7, 11) is 0. The maximum atomic E-state index is 10.4. The van der Waals surface area contributed by atoms with Crippen LogP contribution < -0.4 is 5.32 Å². The van der Waals surface area contributed by atoms with Crippen LogP contribution in [0.4, 0.5) is 10.5 Å². The van der Waals surface area contributed by atoms with E-state index in [1.165, 1.54) is 11.5 Å². The number of fused-ring (bicyclic) bond motifs is 1. The summed E-state index contributed by atoms with van der Waals surface area (Å²) in [6, 6.07) is 5.19. The molecule has 1 heterocycles. The molecule has 6 heteroatoms. The van der Waals surface area contributed by atoms with Gasteiger partial charge in [0.15, 0.2) is 0 Å². The number of carboxylic acid groups (broad SMARTS) is 1. The van der Waals surface area contributed by atoms with Crippen LogP contribution in [0.1, 0.15) is 0 Å². The number of nitrogens with one attached hydrogen (secondary N) is 1. The number of carbonyl (C=O) groups is 1. The van der Waals surface area contributed by atoms with Crippen molar-refractivity contribution < 1.29 is 9.90 Å². The molecule has 0 bridgehead atoms. The molecule has 5 nitrogen and oxygen atoms in total. The zero-order chi connectivity index (χ0) is 9.26. The van der Waals surface area contributed by atoms with Gasteiger partial charge in [0.1, 0.15) is 5.52 Å². The van der Waals surface area contributed by atoms with E-state index in [1.54, 1.807) is 18.2 Å². The Bertz CT molecular complexity index is 454. The van der Waals surface area contributed by atoms with E-state index in [9.17, 15) is 4.79 Å². The Balaban J connectivity index is 2.54. The molecule has 0 aliphatic rings. The topological polar surface area (TPSA) is 75.1 Å². The van der Waals surface area contributed by atoms with Gasteiger partial charge in [-0.25, -0.2) is 4.79 Å². The first-order valence-corrected chi connectivity index (χ1v) is 4.26. The van der Waals surface area contributed by atoms with Crippen molar-refractivity contribution >= 4 is 33.5 Å². The van der Waals surface area contributed by atoms with Crippen molar-refractivity contribution in [2.75, 3.05) is 5.32 Å². The van der Waals surface area contributed by atoms with Gasteiger partial charge in [0, 0.05) is 0 Å². The van der Waals surface area contributed by atoms with Gasteiger partial charge >= 0.3 is 6.09 Å². The molecule has 0 saturated carbocycles. The van der Waals surface area contributed by atoms with Crippen LogP contribution in [0.25, 0.3) is 10.2 Å². The highest BCUT2D eigenvalue weighted by molar-refractivity contribution is 7.13. The minimum Gasteiger partial charge on any atom is -0.465 e. The van der Waals surface area contributed by atoms with Crippen molar-refractivity contribution in [3.8, 4) is 0 Å². The van der Waals surface area contributed by atoms with Crippen molar-refractivity contribution in [3.05, 3.63) is 18.2 Å². The summed E-state index contributed by atoms with van der Waals surface area (Å²) >= 11 is 1.17. The molecule has 1 aromatic heterocycles. The van der Waals surface area contributed by atoms with Gasteiger partial charge in [-0.15, -0.1) is 5.10 Å². The number of rotatable bonds is 1. The Labute approximate surface area is 77.2 Å². The first kappa shape index (κ1) is 7.93. The second kappa shape index (κ2) is 2.98. The van der Waals surface area contributed by atoms with E-state index in [-0.39, 0.29) is 0 Å². The van der Waals surface area contributed by atoms with Gasteiger partial charge in [-0.2, -0.15) is 0 Å². The summed E-state index contributed by atoms with van der Waals surface area (Å²) in [5.41, 5.74) is 1.23. The fraction of sp³-hybridized carbons (Fsp3) is 0. The third kappa shape index (κ3) is 1.43. The zero-order valence-corrected chi connectivity index (χ0v) is 7.21. The van der Waals surface area contributed by atoms with Crippen LogP contribution in [-0.2, 0) is 0 Å². The molecular weight excluding hydrogens is 190 g/mol. The van der Waals surface area contributed by atoms with E-state index >= 15 is 0 Å². The molecule has 1 aromatic carbocycles. The highest BCUT2D eigenvalue weighted by atomic mass is 32.1. The average Bonchev–Trinajstić information content (AvgIpc) is 2.51. The minimum atomic E-state index is -1.08. The molecule has 0 fully saturated rings. The predicted molar refractivity (Wildman–Crippen MR) is 49.1 cm³/mol. The van der Waals surface area contributed by atoms with Crippen molar-refractivity contribution in [1.82, 2.24) is 9.59 Å². The van der Waals surface area contributed by atoms with Crippen LogP contribution in [-0.4, -0.2) is 20.8 Å². The van der Waals surface area contributed by atoms with Crippen LogP contribution in [0.5, 0.6) is 0 Å². The van der Waals surface area contributed by atoms with Gasteiger partial charge in [-0.05, 0) is 23.7 Å². The molecule has 0 aliphatic heterocycles. The number of hydrogen-bond acceptors (Lipinski definition) is 4. The van der Waals surface area contributed by atoms with Crippen molar-refractivity contribution in [1.29, 1.82) is 0 Å². The highest BCUT2D eigenvalue weighted by Gasteiger charge is 2.05. The Morgan fingerprint density at radius 2 is 2.38 bits per heavy atom. The molecule has 1 amide bonds. The van der Waals surface area contributed by atoms with Crippen LogP contribution >= 0.6 is 11.5 Å². The standard InChI is InChI=1S/C7H5N3O2S/c11-7(12)8-4-2-1-3-5-6(4)13-10-9-5/h1-3,8H,(H,11,12). The molecule has 0 saturated heterocycles. The molecule has 0 radical (unpaired) electrons. The monoisotopic (exact) mass is 195 g/mol. The molecule has 2 rings (SSSR count). The van der Waals surface area contributed by atoms with Gasteiger partial charge in [0.2, 0.25) is 0 Å². The number of aromatic nitrogens is 2. The first-order chi connectivity index (χ1) is 6.27. The predicted octanol–water partition coefficient (Wildman–Crippen LogP) is 1.78. The average molecular weight is 195 g/mol. The Hall–Kier alpha value is -1.69. The summed E-state index contributed by atoms with van der Waals surface area (Å²) in [5.74, 6) is 0. The van der Waals surface area contributed by atoms with E-state index in [0.717, 1.165) is 4.70 Å². The van der Waals surface area contributed by atoms with E-state index in [0.29, 0.717) is 11.2 Å². The number of anilines is 1. The van der Waals surface area contributed by atoms with E-state index in [2.05, 4.69) is 14.9 Å². The summed E-state index contributed by atoms with van der Waals surface area (Å²) in [4.78, 5) is 10.4. The maximum Gasteiger partial charge on any atom is 0.409 e. The van der Waals surface area contributed by atoms with Crippen molar-refractivity contribution in [3.63, 3.8) is 0 Å². The lowest BCUT2D eigenvalue weighted by Gasteiger charge is -1.99. The fourth-order valence-electron chi connectivity index (χ4n) is 1.02. The van der Waals surface area contributed by atoms with E-state index in [1.807, 2.05) is 0 Å². The molecule has 0 unspecified atom stereocenters. The molecule has 13 heavy (non-hydrogen) atoms. The second-order valence-corrected chi connectivity index (χ2v) is 3.11. The molecule has 0 atom stereocenters. The van der Waals surface area contributed by atoms with Crippen LogP contribution in [0.15, 0.2) is 18.2 Å². The van der Waals surface area contributed by atoms with E-state index < -0.39 is 6.09 Å². The molecule has 2 N–H and O–H groups in total. The smallest absolute Gasteiger partial charge is 0.409 e. The van der Waals surface area contributed by atoms with Crippen molar-refractivity contribution in [2.24, 2.45) is 0 Å². The number of benzene rings is 1. The largest absolute Gasteiger partial charge is 0.465 e. The molecule has 66 valence electrons. The zero-order valence-electron chi connectivity index (χ0n) is 6.39. The number of nitrogens with zero attached hydrogens (tertiary/aromatic N) is 2. The lowest BCUT2D eigenvalue weighted by atomic mass is 10.3. The van der Waals surface area contributed by atoms with Gasteiger partial charge in [0.05, 0.1) is 10.4 Å². The van der Waals surface area contributed by atoms with Gasteiger partial charge in [-0.1, -0.05) is 10.6 Å². The lowest BCUT2D eigenvalue weighted by Crippen LogP contribution is -2.06. The summed E-state index contributed by atoms with van der Waals surface area (Å²) in [6.45, 7) is 0. The number of hydrogen-bond donors (Lipinski definition) is 2. The van der Waals surface area contributed by atoms with Crippen LogP contribution in [0.2, 0.25) is 0 Å². The first-order valence-electron chi connectivity index (χ1n) is 3.48. The lowest BCUT2D eigenvalue weighted by molar-refractivity contribution is 0.210. The Morgan fingerprint density at radius 3 is 3.15 bits per heavy atom. The fourth-order valence-corrected chi connectivity index (χ4v) is 1.65. The van der Waals surface area contributed by atoms with E-state index in [4.69, 9.17) is 5.11 Å². The van der Waals surface area contributed by atoms with Gasteiger partial charge in [-0.3, -0.25) is 5.32 Å². The minimum absolute atomic E-state index is 0.528.